The largest absolute Gasteiger partial charge is 0.497 e. The van der Waals surface area contributed by atoms with Crippen LogP contribution in [0, 0.1) is 0 Å². The number of sulfonamides is 1. The van der Waals surface area contributed by atoms with Crippen molar-refractivity contribution in [3.05, 3.63) is 54.6 Å². The van der Waals surface area contributed by atoms with Gasteiger partial charge in [0.1, 0.15) is 17.6 Å². The molecule has 0 bridgehead atoms. The number of piperazine rings is 1. The zero-order valence-electron chi connectivity index (χ0n) is 16.1. The van der Waals surface area contributed by atoms with Gasteiger partial charge >= 0.3 is 0 Å². The fraction of sp³-hybridized carbons (Fsp3) is 0.400. The van der Waals surface area contributed by atoms with E-state index >= 15 is 0 Å². The Morgan fingerprint density at radius 1 is 0.929 bits per heavy atom. The average Bonchev–Trinajstić information content (AvgIpc) is 2.72. The van der Waals surface area contributed by atoms with E-state index in [0.717, 1.165) is 0 Å². The molecule has 1 fully saturated rings. The summed E-state index contributed by atoms with van der Waals surface area (Å²) in [6, 6.07) is 15.7. The van der Waals surface area contributed by atoms with Gasteiger partial charge in [-0.1, -0.05) is 18.2 Å². The number of aliphatic hydroxyl groups is 1. The highest BCUT2D eigenvalue weighted by Crippen LogP contribution is 2.22. The molecule has 1 aliphatic rings. The molecule has 1 aliphatic heterocycles. The van der Waals surface area contributed by atoms with Crippen LogP contribution in [0.3, 0.4) is 0 Å². The van der Waals surface area contributed by atoms with Crippen LogP contribution in [-0.2, 0) is 10.0 Å². The number of hydrogen-bond acceptors (Lipinski definition) is 6. The first-order chi connectivity index (χ1) is 13.4. The van der Waals surface area contributed by atoms with Gasteiger partial charge in [0.15, 0.2) is 6.23 Å². The van der Waals surface area contributed by atoms with Crippen molar-refractivity contribution < 1.29 is 23.0 Å². The van der Waals surface area contributed by atoms with Gasteiger partial charge in [0.05, 0.1) is 12.0 Å². The van der Waals surface area contributed by atoms with Gasteiger partial charge in [0.2, 0.25) is 10.0 Å². The standard InChI is InChI=1S/C20H26N2O5S/c1-16(23)20(27-18-6-4-3-5-7-18)21-12-14-22(15-13-21)28(24,25)19-10-8-17(26-2)9-11-19/h3-11,16,20,23H,12-15H2,1-2H3. The lowest BCUT2D eigenvalue weighted by atomic mass is 10.2. The van der Waals surface area contributed by atoms with E-state index < -0.39 is 22.4 Å². The Kier molecular flexibility index (Phi) is 6.56. The van der Waals surface area contributed by atoms with E-state index in [1.165, 1.54) is 4.31 Å². The summed E-state index contributed by atoms with van der Waals surface area (Å²) in [5, 5.41) is 10.2. The van der Waals surface area contributed by atoms with Gasteiger partial charge in [-0.3, -0.25) is 4.90 Å². The Morgan fingerprint density at radius 2 is 1.54 bits per heavy atom. The minimum Gasteiger partial charge on any atom is -0.497 e. The SMILES string of the molecule is COc1ccc(S(=O)(=O)N2CCN(C(Oc3ccccc3)C(C)O)CC2)cc1. The molecule has 2 aromatic carbocycles. The molecule has 1 N–H and O–H groups in total. The lowest BCUT2D eigenvalue weighted by Gasteiger charge is -2.39. The average molecular weight is 407 g/mol. The van der Waals surface area contributed by atoms with Crippen molar-refractivity contribution in [3.8, 4) is 11.5 Å². The van der Waals surface area contributed by atoms with Crippen molar-refractivity contribution >= 4 is 10.0 Å². The van der Waals surface area contributed by atoms with Crippen molar-refractivity contribution in [2.24, 2.45) is 0 Å². The number of nitrogens with zero attached hydrogens (tertiary/aromatic N) is 2. The Hall–Kier alpha value is -2.13. The Morgan fingerprint density at radius 3 is 2.07 bits per heavy atom. The van der Waals surface area contributed by atoms with E-state index in [1.54, 1.807) is 38.3 Å². The first-order valence-corrected chi connectivity index (χ1v) is 10.6. The molecule has 1 saturated heterocycles. The summed E-state index contributed by atoms with van der Waals surface area (Å²) in [4.78, 5) is 2.21. The second-order valence-electron chi connectivity index (χ2n) is 6.68. The molecule has 0 aromatic heterocycles. The number of hydrogen-bond donors (Lipinski definition) is 1. The summed E-state index contributed by atoms with van der Waals surface area (Å²) < 4.78 is 38.2. The van der Waals surface area contributed by atoms with Gasteiger partial charge in [0.25, 0.3) is 0 Å². The van der Waals surface area contributed by atoms with E-state index in [4.69, 9.17) is 9.47 Å². The van der Waals surface area contributed by atoms with Crippen LogP contribution in [0.4, 0.5) is 0 Å². The maximum absolute atomic E-state index is 12.9. The van der Waals surface area contributed by atoms with Crippen molar-refractivity contribution in [2.45, 2.75) is 24.2 Å². The van der Waals surface area contributed by atoms with Crippen molar-refractivity contribution in [2.75, 3.05) is 33.3 Å². The van der Waals surface area contributed by atoms with E-state index in [2.05, 4.69) is 0 Å². The van der Waals surface area contributed by atoms with Crippen LogP contribution >= 0.6 is 0 Å². The van der Waals surface area contributed by atoms with Gasteiger partial charge in [-0.05, 0) is 43.3 Å². The van der Waals surface area contributed by atoms with E-state index in [-0.39, 0.29) is 4.90 Å². The molecule has 2 aromatic rings. The third kappa shape index (κ3) is 4.64. The maximum Gasteiger partial charge on any atom is 0.243 e. The summed E-state index contributed by atoms with van der Waals surface area (Å²) in [6.07, 6.45) is -1.25. The van der Waals surface area contributed by atoms with Crippen LogP contribution in [0.1, 0.15) is 6.92 Å². The first kappa shape index (κ1) is 20.6. The second-order valence-corrected chi connectivity index (χ2v) is 8.62. The Bertz CT molecular complexity index is 848. The fourth-order valence-electron chi connectivity index (χ4n) is 3.21. The number of para-hydroxylation sites is 1. The first-order valence-electron chi connectivity index (χ1n) is 9.20. The third-order valence-electron chi connectivity index (χ3n) is 4.74. The molecule has 7 nitrogen and oxygen atoms in total. The fourth-order valence-corrected chi connectivity index (χ4v) is 4.63. The van der Waals surface area contributed by atoms with Crippen LogP contribution < -0.4 is 9.47 Å². The van der Waals surface area contributed by atoms with Gasteiger partial charge < -0.3 is 14.6 Å². The van der Waals surface area contributed by atoms with E-state index in [9.17, 15) is 13.5 Å². The summed E-state index contributed by atoms with van der Waals surface area (Å²) in [5.41, 5.74) is 0. The lowest BCUT2D eigenvalue weighted by Crippen LogP contribution is -2.56. The zero-order chi connectivity index (χ0) is 20.1. The van der Waals surface area contributed by atoms with Gasteiger partial charge in [-0.25, -0.2) is 8.42 Å². The quantitative estimate of drug-likeness (QED) is 0.755. The summed E-state index contributed by atoms with van der Waals surface area (Å²) >= 11 is 0. The molecular formula is C20H26N2O5S. The lowest BCUT2D eigenvalue weighted by molar-refractivity contribution is -0.0683. The van der Waals surface area contributed by atoms with Crippen molar-refractivity contribution in [1.29, 1.82) is 0 Å². The Labute approximate surface area is 166 Å². The second kappa shape index (κ2) is 8.91. The molecule has 0 amide bonds. The van der Waals surface area contributed by atoms with Crippen LogP contribution in [0.5, 0.6) is 11.5 Å². The van der Waals surface area contributed by atoms with Crippen LogP contribution in [0.25, 0.3) is 0 Å². The normalized spacial score (nSPS) is 18.4. The molecular weight excluding hydrogens is 380 g/mol. The van der Waals surface area contributed by atoms with E-state index in [0.29, 0.717) is 37.7 Å². The highest BCUT2D eigenvalue weighted by atomic mass is 32.2. The van der Waals surface area contributed by atoms with Crippen LogP contribution in [0.15, 0.2) is 59.5 Å². The molecule has 2 atom stereocenters. The molecule has 1 heterocycles. The maximum atomic E-state index is 12.9. The molecule has 0 saturated carbocycles. The minimum absolute atomic E-state index is 0.245. The van der Waals surface area contributed by atoms with Gasteiger partial charge in [-0.2, -0.15) is 4.31 Å². The molecule has 3 rings (SSSR count). The third-order valence-corrected chi connectivity index (χ3v) is 6.66. The summed E-state index contributed by atoms with van der Waals surface area (Å²) in [5.74, 6) is 1.28. The smallest absolute Gasteiger partial charge is 0.243 e. The molecule has 152 valence electrons. The molecule has 0 radical (unpaired) electrons. The van der Waals surface area contributed by atoms with Crippen LogP contribution in [0.2, 0.25) is 0 Å². The van der Waals surface area contributed by atoms with Gasteiger partial charge in [-0.15, -0.1) is 0 Å². The highest BCUT2D eigenvalue weighted by Gasteiger charge is 2.33. The zero-order valence-corrected chi connectivity index (χ0v) is 16.9. The predicted octanol–water partition coefficient (Wildman–Crippen LogP) is 1.79. The van der Waals surface area contributed by atoms with Crippen molar-refractivity contribution in [3.63, 3.8) is 0 Å². The number of aliphatic hydroxyl groups excluding tert-OH is 1. The molecule has 2 unspecified atom stereocenters. The monoisotopic (exact) mass is 406 g/mol. The molecule has 0 spiro atoms. The Balaban J connectivity index is 1.66. The van der Waals surface area contributed by atoms with Crippen molar-refractivity contribution in [1.82, 2.24) is 9.21 Å². The summed E-state index contributed by atoms with van der Waals surface area (Å²) in [6.45, 7) is 3.27. The number of ether oxygens (including phenoxy) is 2. The molecule has 8 heteroatoms. The topological polar surface area (TPSA) is 79.3 Å². The number of rotatable bonds is 7. The highest BCUT2D eigenvalue weighted by molar-refractivity contribution is 7.89. The van der Waals surface area contributed by atoms with E-state index in [1.807, 2.05) is 35.2 Å². The molecule has 28 heavy (non-hydrogen) atoms. The minimum atomic E-state index is -3.57. The van der Waals surface area contributed by atoms with Crippen LogP contribution in [-0.4, -0.2) is 68.4 Å². The number of benzene rings is 2. The summed E-state index contributed by atoms with van der Waals surface area (Å²) in [7, 11) is -2.03. The molecule has 0 aliphatic carbocycles. The predicted molar refractivity (Wildman–Crippen MR) is 106 cm³/mol. The van der Waals surface area contributed by atoms with Gasteiger partial charge in [0, 0.05) is 26.2 Å². The number of methoxy groups -OCH3 is 1.